The van der Waals surface area contributed by atoms with Crippen LogP contribution >= 0.6 is 0 Å². The number of esters is 1. The highest BCUT2D eigenvalue weighted by molar-refractivity contribution is 5.82. The van der Waals surface area contributed by atoms with Crippen molar-refractivity contribution < 1.29 is 9.53 Å². The summed E-state index contributed by atoms with van der Waals surface area (Å²) in [7, 11) is 1.36. The number of methoxy groups -OCH3 is 1. The predicted molar refractivity (Wildman–Crippen MR) is 95.5 cm³/mol. The highest BCUT2D eigenvalue weighted by atomic mass is 16.5. The third-order valence-electron chi connectivity index (χ3n) is 3.04. The van der Waals surface area contributed by atoms with Crippen molar-refractivity contribution in [1.29, 1.82) is 0 Å². The van der Waals surface area contributed by atoms with Gasteiger partial charge in [0.2, 0.25) is 0 Å². The van der Waals surface area contributed by atoms with E-state index in [2.05, 4.69) is 50.3 Å². The van der Waals surface area contributed by atoms with Crippen LogP contribution in [0.1, 0.15) is 34.1 Å². The van der Waals surface area contributed by atoms with Gasteiger partial charge in [-0.15, -0.1) is 0 Å². The van der Waals surface area contributed by atoms with Gasteiger partial charge < -0.3 is 4.74 Å². The summed E-state index contributed by atoms with van der Waals surface area (Å²) in [6, 6.07) is 0. The number of carbonyl (C=O) groups is 1. The first-order valence-electron chi connectivity index (χ1n) is 7.47. The number of allylic oxidation sites excluding steroid dienone is 10. The summed E-state index contributed by atoms with van der Waals surface area (Å²) in [6.45, 7) is 12.2. The third-order valence-corrected chi connectivity index (χ3v) is 3.04. The molecular formula is C20H28O2. The Labute approximate surface area is 135 Å². The molecule has 0 fully saturated rings. The number of carbonyl (C=O) groups excluding carboxylic acids is 1. The molecular weight excluding hydrogens is 272 g/mol. The zero-order valence-corrected chi connectivity index (χ0v) is 14.4. The van der Waals surface area contributed by atoms with E-state index in [9.17, 15) is 4.79 Å². The Morgan fingerprint density at radius 3 is 2.32 bits per heavy atom. The molecule has 0 aliphatic rings. The molecule has 0 unspecified atom stereocenters. The minimum atomic E-state index is -0.348. The van der Waals surface area contributed by atoms with Gasteiger partial charge in [0, 0.05) is 6.08 Å². The topological polar surface area (TPSA) is 26.3 Å². The van der Waals surface area contributed by atoms with Crippen molar-refractivity contribution in [3.05, 3.63) is 71.9 Å². The van der Waals surface area contributed by atoms with Crippen LogP contribution in [-0.2, 0) is 9.53 Å². The fourth-order valence-corrected chi connectivity index (χ4v) is 1.84. The summed E-state index contributed by atoms with van der Waals surface area (Å²) >= 11 is 0. The van der Waals surface area contributed by atoms with E-state index in [0.29, 0.717) is 5.92 Å². The largest absolute Gasteiger partial charge is 0.466 e. The summed E-state index contributed by atoms with van der Waals surface area (Å²) in [5, 5.41) is 0. The SMILES string of the molecule is C=C/C(C)=C/C[C@H](C)/C=C(C)/C=C(C)\C=C\C=C/C(=O)OC. The van der Waals surface area contributed by atoms with Crippen LogP contribution in [0.25, 0.3) is 0 Å². The van der Waals surface area contributed by atoms with Gasteiger partial charge in [0.25, 0.3) is 0 Å². The van der Waals surface area contributed by atoms with E-state index in [-0.39, 0.29) is 5.97 Å². The minimum Gasteiger partial charge on any atom is -0.466 e. The average molecular weight is 300 g/mol. The van der Waals surface area contributed by atoms with Crippen molar-refractivity contribution in [1.82, 2.24) is 0 Å². The van der Waals surface area contributed by atoms with Crippen LogP contribution in [0.4, 0.5) is 0 Å². The Hall–Kier alpha value is -2.09. The number of hydrogen-bond acceptors (Lipinski definition) is 2. The molecule has 0 aromatic carbocycles. The molecule has 0 spiro atoms. The van der Waals surface area contributed by atoms with Crippen molar-refractivity contribution in [3.63, 3.8) is 0 Å². The number of rotatable bonds is 8. The van der Waals surface area contributed by atoms with Gasteiger partial charge in [0.15, 0.2) is 0 Å². The van der Waals surface area contributed by atoms with Gasteiger partial charge >= 0.3 is 5.97 Å². The van der Waals surface area contributed by atoms with Gasteiger partial charge in [-0.2, -0.15) is 0 Å². The van der Waals surface area contributed by atoms with E-state index in [1.807, 2.05) is 25.2 Å². The summed E-state index contributed by atoms with van der Waals surface area (Å²) < 4.78 is 4.52. The highest BCUT2D eigenvalue weighted by Gasteiger charge is 1.96. The monoisotopic (exact) mass is 300 g/mol. The molecule has 0 rings (SSSR count). The van der Waals surface area contributed by atoms with Crippen LogP contribution in [-0.4, -0.2) is 13.1 Å². The maximum Gasteiger partial charge on any atom is 0.330 e. The number of ether oxygens (including phenoxy) is 1. The smallest absolute Gasteiger partial charge is 0.330 e. The van der Waals surface area contributed by atoms with Crippen LogP contribution < -0.4 is 0 Å². The Bertz CT molecular complexity index is 514. The van der Waals surface area contributed by atoms with E-state index in [0.717, 1.165) is 12.0 Å². The molecule has 0 bridgehead atoms. The second-order valence-electron chi connectivity index (χ2n) is 5.41. The molecule has 0 aliphatic heterocycles. The maximum absolute atomic E-state index is 10.9. The van der Waals surface area contributed by atoms with E-state index in [4.69, 9.17) is 0 Å². The van der Waals surface area contributed by atoms with E-state index < -0.39 is 0 Å². The molecule has 2 nitrogen and oxygen atoms in total. The summed E-state index contributed by atoms with van der Waals surface area (Å²) in [4.78, 5) is 10.9. The normalized spacial score (nSPS) is 15.4. The third kappa shape index (κ3) is 10.7. The molecule has 0 heterocycles. The van der Waals surface area contributed by atoms with Crippen LogP contribution in [0.15, 0.2) is 71.9 Å². The van der Waals surface area contributed by atoms with Gasteiger partial charge in [-0.1, -0.05) is 72.8 Å². The van der Waals surface area contributed by atoms with Crippen LogP contribution in [0, 0.1) is 5.92 Å². The molecule has 0 aromatic heterocycles. The zero-order chi connectivity index (χ0) is 17.0. The zero-order valence-electron chi connectivity index (χ0n) is 14.4. The van der Waals surface area contributed by atoms with Crippen molar-refractivity contribution in [2.45, 2.75) is 34.1 Å². The van der Waals surface area contributed by atoms with E-state index in [1.165, 1.54) is 24.3 Å². The first kappa shape index (κ1) is 19.9. The quantitative estimate of drug-likeness (QED) is 0.344. The van der Waals surface area contributed by atoms with Crippen LogP contribution in [0.2, 0.25) is 0 Å². The molecule has 2 heteroatoms. The molecule has 0 aromatic rings. The minimum absolute atomic E-state index is 0.348. The lowest BCUT2D eigenvalue weighted by atomic mass is 10.0. The fourth-order valence-electron chi connectivity index (χ4n) is 1.84. The fraction of sp³-hybridized carbons (Fsp3) is 0.350. The Morgan fingerprint density at radius 1 is 1.09 bits per heavy atom. The highest BCUT2D eigenvalue weighted by Crippen LogP contribution is 2.12. The van der Waals surface area contributed by atoms with Gasteiger partial charge in [0.05, 0.1) is 7.11 Å². The van der Waals surface area contributed by atoms with Crippen LogP contribution in [0.3, 0.4) is 0 Å². The van der Waals surface area contributed by atoms with Crippen molar-refractivity contribution in [2.24, 2.45) is 5.92 Å². The molecule has 0 saturated carbocycles. The van der Waals surface area contributed by atoms with Gasteiger partial charge in [-0.3, -0.25) is 0 Å². The summed E-state index contributed by atoms with van der Waals surface area (Å²) in [6.07, 6.45) is 16.3. The molecule has 0 aliphatic carbocycles. The van der Waals surface area contributed by atoms with E-state index in [1.54, 1.807) is 6.08 Å². The second kappa shape index (κ2) is 11.6. The summed E-state index contributed by atoms with van der Waals surface area (Å²) in [5.41, 5.74) is 3.58. The Kier molecular flexibility index (Phi) is 10.5. The lowest BCUT2D eigenvalue weighted by molar-refractivity contribution is -0.134. The lowest BCUT2D eigenvalue weighted by Gasteiger charge is -2.04. The van der Waals surface area contributed by atoms with Gasteiger partial charge in [-0.05, 0) is 33.1 Å². The molecule has 0 saturated heterocycles. The summed E-state index contributed by atoms with van der Waals surface area (Å²) in [5.74, 6) is 0.140. The van der Waals surface area contributed by atoms with Gasteiger partial charge in [0.1, 0.15) is 0 Å². The Morgan fingerprint density at radius 2 is 1.73 bits per heavy atom. The van der Waals surface area contributed by atoms with Crippen LogP contribution in [0.5, 0.6) is 0 Å². The number of hydrogen-bond donors (Lipinski definition) is 0. The van der Waals surface area contributed by atoms with Crippen molar-refractivity contribution in [2.75, 3.05) is 7.11 Å². The molecule has 120 valence electrons. The first-order chi connectivity index (χ1) is 10.4. The Balaban J connectivity index is 4.58. The first-order valence-corrected chi connectivity index (χ1v) is 7.47. The molecule has 1 atom stereocenters. The average Bonchev–Trinajstić information content (AvgIpc) is 2.48. The molecule has 0 amide bonds. The predicted octanol–water partition coefficient (Wildman–Crippen LogP) is 5.32. The second-order valence-corrected chi connectivity index (χ2v) is 5.41. The van der Waals surface area contributed by atoms with Crippen molar-refractivity contribution >= 4 is 5.97 Å². The standard InChI is InChI=1S/C20H28O2/c1-7-16(2)12-13-18(4)15-19(5)14-17(3)10-8-9-11-20(21)22-6/h7-12,14-15,18H,1,13H2,2-6H3/b10-8+,11-9-,16-12+,17-14-,19-15+/t18-/m0/s1. The van der Waals surface area contributed by atoms with E-state index >= 15 is 0 Å². The van der Waals surface area contributed by atoms with Crippen molar-refractivity contribution in [3.8, 4) is 0 Å². The lowest BCUT2D eigenvalue weighted by Crippen LogP contribution is -1.92. The molecule has 22 heavy (non-hydrogen) atoms. The molecule has 0 radical (unpaired) electrons. The molecule has 0 N–H and O–H groups in total. The maximum atomic E-state index is 10.9. The van der Waals surface area contributed by atoms with Gasteiger partial charge in [-0.25, -0.2) is 4.79 Å².